The lowest BCUT2D eigenvalue weighted by Gasteiger charge is -2.20. The van der Waals surface area contributed by atoms with E-state index < -0.39 is 0 Å². The third kappa shape index (κ3) is 4.15. The Balaban J connectivity index is 1.63. The molecule has 2 aromatic heterocycles. The van der Waals surface area contributed by atoms with Crippen LogP contribution in [0.3, 0.4) is 0 Å². The van der Waals surface area contributed by atoms with Gasteiger partial charge in [0, 0.05) is 29.4 Å². The molecule has 3 aromatic carbocycles. The van der Waals surface area contributed by atoms with Crippen LogP contribution in [-0.2, 0) is 0 Å². The highest BCUT2D eigenvalue weighted by Crippen LogP contribution is 2.35. The summed E-state index contributed by atoms with van der Waals surface area (Å²) in [6, 6.07) is 40.2. The molecule has 0 aliphatic heterocycles. The van der Waals surface area contributed by atoms with Crippen LogP contribution in [-0.4, -0.2) is 9.97 Å². The molecule has 0 atom stereocenters. The van der Waals surface area contributed by atoms with Gasteiger partial charge in [0.15, 0.2) is 0 Å². The van der Waals surface area contributed by atoms with Crippen molar-refractivity contribution in [3.8, 4) is 22.5 Å². The molecule has 2 heteroatoms. The van der Waals surface area contributed by atoms with E-state index in [1.807, 2.05) is 36.7 Å². The predicted molar refractivity (Wildman–Crippen MR) is 127 cm³/mol. The summed E-state index contributed by atoms with van der Waals surface area (Å²) in [5, 5.41) is 0. The van der Waals surface area contributed by atoms with Crippen molar-refractivity contribution in [3.05, 3.63) is 144 Å². The second-order valence-electron chi connectivity index (χ2n) is 7.52. The second kappa shape index (κ2) is 8.76. The number of rotatable bonds is 5. The summed E-state index contributed by atoms with van der Waals surface area (Å²) in [7, 11) is 0. The van der Waals surface area contributed by atoms with Gasteiger partial charge in [-0.15, -0.1) is 0 Å². The van der Waals surface area contributed by atoms with Gasteiger partial charge in [0.2, 0.25) is 0 Å². The number of benzene rings is 3. The second-order valence-corrected chi connectivity index (χ2v) is 7.52. The summed E-state index contributed by atoms with van der Waals surface area (Å²) in [5.41, 5.74) is 7.97. The van der Waals surface area contributed by atoms with E-state index >= 15 is 0 Å². The lowest BCUT2D eigenvalue weighted by Crippen LogP contribution is -2.04. The maximum absolute atomic E-state index is 4.54. The lowest BCUT2D eigenvalue weighted by atomic mass is 9.83. The van der Waals surface area contributed by atoms with Gasteiger partial charge < -0.3 is 0 Å². The molecule has 0 radical (unpaired) electrons. The molecule has 2 heterocycles. The van der Waals surface area contributed by atoms with Gasteiger partial charge in [0.1, 0.15) is 0 Å². The van der Waals surface area contributed by atoms with E-state index in [9.17, 15) is 0 Å². The minimum atomic E-state index is 0.119. The van der Waals surface area contributed by atoms with Crippen molar-refractivity contribution in [2.45, 2.75) is 5.92 Å². The van der Waals surface area contributed by atoms with Crippen molar-refractivity contribution in [2.24, 2.45) is 0 Å². The summed E-state index contributed by atoms with van der Waals surface area (Å²) in [6.45, 7) is 0. The Morgan fingerprint density at radius 3 is 1.39 bits per heavy atom. The maximum Gasteiger partial charge on any atom is 0.0702 e. The van der Waals surface area contributed by atoms with Crippen molar-refractivity contribution >= 4 is 0 Å². The van der Waals surface area contributed by atoms with Gasteiger partial charge in [0.25, 0.3) is 0 Å². The molecule has 0 aliphatic carbocycles. The fraction of sp³-hybridized carbons (Fsp3) is 0.0345. The van der Waals surface area contributed by atoms with Crippen molar-refractivity contribution < 1.29 is 0 Å². The molecule has 0 saturated heterocycles. The van der Waals surface area contributed by atoms with Crippen LogP contribution in [0.5, 0.6) is 0 Å². The Morgan fingerprint density at radius 1 is 0.419 bits per heavy atom. The zero-order valence-electron chi connectivity index (χ0n) is 17.1. The highest BCUT2D eigenvalue weighted by molar-refractivity contribution is 5.64. The van der Waals surface area contributed by atoms with E-state index in [-0.39, 0.29) is 5.92 Å². The molecule has 0 aliphatic rings. The fourth-order valence-corrected chi connectivity index (χ4v) is 4.04. The number of hydrogen-bond donors (Lipinski definition) is 0. The van der Waals surface area contributed by atoms with Crippen LogP contribution in [0.15, 0.2) is 128 Å². The zero-order valence-corrected chi connectivity index (χ0v) is 17.1. The van der Waals surface area contributed by atoms with E-state index in [1.54, 1.807) is 0 Å². The normalized spacial score (nSPS) is 10.9. The molecule has 5 rings (SSSR count). The molecular weight excluding hydrogens is 376 g/mol. The number of pyridine rings is 2. The molecule has 0 saturated carbocycles. The van der Waals surface area contributed by atoms with Crippen LogP contribution in [0.25, 0.3) is 22.5 Å². The summed E-state index contributed by atoms with van der Waals surface area (Å²) < 4.78 is 0. The van der Waals surface area contributed by atoms with E-state index in [4.69, 9.17) is 0 Å². The monoisotopic (exact) mass is 398 g/mol. The van der Waals surface area contributed by atoms with Crippen LogP contribution >= 0.6 is 0 Å². The van der Waals surface area contributed by atoms with Crippen LogP contribution in [0.4, 0.5) is 0 Å². The average molecular weight is 399 g/mol. The van der Waals surface area contributed by atoms with Gasteiger partial charge in [-0.05, 0) is 53.1 Å². The lowest BCUT2D eigenvalue weighted by molar-refractivity contribution is 0.977. The largest absolute Gasteiger partial charge is 0.256 e. The average Bonchev–Trinajstić information content (AvgIpc) is 2.86. The van der Waals surface area contributed by atoms with Gasteiger partial charge in [0.05, 0.1) is 11.4 Å². The Morgan fingerprint density at radius 2 is 0.903 bits per heavy atom. The van der Waals surface area contributed by atoms with Crippen molar-refractivity contribution in [2.75, 3.05) is 0 Å². The zero-order chi connectivity index (χ0) is 20.9. The van der Waals surface area contributed by atoms with E-state index in [0.29, 0.717) is 0 Å². The molecule has 5 aromatic rings. The molecule has 0 amide bonds. The predicted octanol–water partition coefficient (Wildman–Crippen LogP) is 6.99. The van der Waals surface area contributed by atoms with Crippen molar-refractivity contribution in [1.29, 1.82) is 0 Å². The van der Waals surface area contributed by atoms with Gasteiger partial charge >= 0.3 is 0 Å². The molecule has 0 unspecified atom stereocenters. The third-order valence-electron chi connectivity index (χ3n) is 5.49. The molecule has 0 spiro atoms. The minimum absolute atomic E-state index is 0.119. The summed E-state index contributed by atoms with van der Waals surface area (Å²) in [5.74, 6) is 0.119. The summed E-state index contributed by atoms with van der Waals surface area (Å²) in [4.78, 5) is 9.08. The molecule has 2 nitrogen and oxygen atoms in total. The fourth-order valence-electron chi connectivity index (χ4n) is 4.04. The van der Waals surface area contributed by atoms with Crippen LogP contribution in [0.1, 0.15) is 22.6 Å². The van der Waals surface area contributed by atoms with Gasteiger partial charge in [-0.2, -0.15) is 0 Å². The number of aromatic nitrogens is 2. The highest BCUT2D eigenvalue weighted by atomic mass is 14.7. The van der Waals surface area contributed by atoms with Gasteiger partial charge in [-0.25, -0.2) is 0 Å². The summed E-state index contributed by atoms with van der Waals surface area (Å²) in [6.07, 6.45) is 3.68. The van der Waals surface area contributed by atoms with Crippen molar-refractivity contribution in [1.82, 2.24) is 9.97 Å². The first kappa shape index (κ1) is 19.0. The Bertz CT molecular complexity index is 1180. The van der Waals surface area contributed by atoms with Crippen LogP contribution < -0.4 is 0 Å². The number of hydrogen-bond acceptors (Lipinski definition) is 2. The van der Waals surface area contributed by atoms with E-state index in [1.165, 1.54) is 16.7 Å². The van der Waals surface area contributed by atoms with Gasteiger partial charge in [-0.3, -0.25) is 9.97 Å². The standard InChI is InChI=1S/C29H22N2/c1-2-10-22(11-3-1)29(25-14-8-12-23(20-25)27-16-4-6-18-30-27)26-15-9-13-24(21-26)28-17-5-7-19-31-28/h1-21,29H. The quantitative estimate of drug-likeness (QED) is 0.298. The highest BCUT2D eigenvalue weighted by Gasteiger charge is 2.18. The van der Waals surface area contributed by atoms with Gasteiger partial charge in [-0.1, -0.05) is 78.9 Å². The Labute approximate surface area is 182 Å². The van der Waals surface area contributed by atoms with E-state index in [0.717, 1.165) is 22.5 Å². The summed E-state index contributed by atoms with van der Waals surface area (Å²) >= 11 is 0. The molecule has 0 N–H and O–H groups in total. The number of nitrogens with zero attached hydrogens (tertiary/aromatic N) is 2. The molecule has 0 bridgehead atoms. The maximum atomic E-state index is 4.54. The first-order chi connectivity index (χ1) is 15.4. The van der Waals surface area contributed by atoms with Crippen molar-refractivity contribution in [3.63, 3.8) is 0 Å². The molecule has 31 heavy (non-hydrogen) atoms. The van der Waals surface area contributed by atoms with Crippen LogP contribution in [0.2, 0.25) is 0 Å². The smallest absolute Gasteiger partial charge is 0.0702 e. The Kier molecular flexibility index (Phi) is 5.36. The molecule has 0 fully saturated rings. The topological polar surface area (TPSA) is 25.8 Å². The third-order valence-corrected chi connectivity index (χ3v) is 5.49. The molecular formula is C29H22N2. The first-order valence-electron chi connectivity index (χ1n) is 10.5. The van der Waals surface area contributed by atoms with E-state index in [2.05, 4.69) is 101 Å². The Hall–Kier alpha value is -4.04. The van der Waals surface area contributed by atoms with Crippen LogP contribution in [0, 0.1) is 0 Å². The first-order valence-corrected chi connectivity index (χ1v) is 10.5. The minimum Gasteiger partial charge on any atom is -0.256 e. The SMILES string of the molecule is c1ccc(C(c2cccc(-c3ccccn3)c2)c2cccc(-c3ccccn3)c2)cc1. The molecule has 148 valence electrons.